The van der Waals surface area contributed by atoms with Gasteiger partial charge < -0.3 is 9.47 Å². The molecule has 0 radical (unpaired) electrons. The van der Waals surface area contributed by atoms with Gasteiger partial charge in [-0.1, -0.05) is 182 Å². The molecule has 2 nitrogen and oxygen atoms in total. The monoisotopic (exact) mass is 764 g/mol. The molecule has 0 atom stereocenters. The van der Waals surface area contributed by atoms with Crippen molar-refractivity contribution < 1.29 is 0 Å². The summed E-state index contributed by atoms with van der Waals surface area (Å²) in [6, 6.07) is 87.6. The zero-order valence-corrected chi connectivity index (χ0v) is 33.0. The lowest BCUT2D eigenvalue weighted by atomic mass is 9.94. The van der Waals surface area contributed by atoms with Crippen LogP contribution in [0.1, 0.15) is 0 Å². The van der Waals surface area contributed by atoms with Gasteiger partial charge in [-0.05, 0) is 116 Å². The van der Waals surface area contributed by atoms with Gasteiger partial charge in [0.1, 0.15) is 0 Å². The molecule has 0 amide bonds. The van der Waals surface area contributed by atoms with Crippen molar-refractivity contribution in [3.8, 4) is 50.2 Å². The van der Waals surface area contributed by atoms with Crippen LogP contribution < -0.4 is 4.90 Å². The molecular weight excluding hydrogens is 725 g/mol. The zero-order chi connectivity index (χ0) is 39.8. The molecule has 1 aromatic heterocycles. The molecule has 11 rings (SSSR count). The Hall–Kier alpha value is -7.94. The van der Waals surface area contributed by atoms with Gasteiger partial charge in [0.15, 0.2) is 0 Å². The van der Waals surface area contributed by atoms with Gasteiger partial charge in [0.2, 0.25) is 0 Å². The number of aromatic nitrogens is 1. The molecule has 0 spiro atoms. The Balaban J connectivity index is 0.953. The average Bonchev–Trinajstić information content (AvgIpc) is 3.68. The van der Waals surface area contributed by atoms with Crippen LogP contribution in [0.25, 0.3) is 82.8 Å². The normalized spacial score (nSPS) is 11.3. The quantitative estimate of drug-likeness (QED) is 0.150. The number of hydrogen-bond acceptors (Lipinski definition) is 1. The lowest BCUT2D eigenvalue weighted by Gasteiger charge is -2.26. The number of anilines is 3. The number of nitrogens with zero attached hydrogens (tertiary/aromatic N) is 2. The third-order valence-corrected chi connectivity index (χ3v) is 11.8. The maximum absolute atomic E-state index is 2.42. The lowest BCUT2D eigenvalue weighted by Crippen LogP contribution is -2.09. The van der Waals surface area contributed by atoms with E-state index in [1.165, 1.54) is 77.1 Å². The molecular formula is C58H40N2. The summed E-state index contributed by atoms with van der Waals surface area (Å²) in [7, 11) is 0. The minimum atomic E-state index is 1.10. The first-order chi connectivity index (χ1) is 29.8. The van der Waals surface area contributed by atoms with Gasteiger partial charge in [0, 0.05) is 33.5 Å². The summed E-state index contributed by atoms with van der Waals surface area (Å²) in [5, 5.41) is 5.09. The van der Waals surface area contributed by atoms with Gasteiger partial charge in [-0.25, -0.2) is 0 Å². The minimum absolute atomic E-state index is 1.10. The van der Waals surface area contributed by atoms with Crippen LogP contribution in [0, 0.1) is 0 Å². The highest BCUT2D eigenvalue weighted by atomic mass is 15.1. The van der Waals surface area contributed by atoms with E-state index in [1.807, 2.05) is 0 Å². The molecule has 0 fully saturated rings. The summed E-state index contributed by atoms with van der Waals surface area (Å²) in [4.78, 5) is 2.34. The van der Waals surface area contributed by atoms with Crippen molar-refractivity contribution in [3.05, 3.63) is 243 Å². The molecule has 2 heteroatoms. The number of para-hydroxylation sites is 1. The SMILES string of the molecule is c1ccc(-c2ccc(N(c3ccc(-c4ccccc4)cc3)c3ccc(-c4ccc(-n5c6ccccc6c6c7c(-c8ccccc8)cccc7ccc65)cc4)cc3)cc2)cc1. The van der Waals surface area contributed by atoms with E-state index in [2.05, 4.69) is 252 Å². The van der Waals surface area contributed by atoms with Crippen molar-refractivity contribution in [3.63, 3.8) is 0 Å². The Labute approximate surface area is 350 Å². The Kier molecular flexibility index (Phi) is 8.87. The van der Waals surface area contributed by atoms with E-state index in [1.54, 1.807) is 0 Å². The molecule has 10 aromatic carbocycles. The van der Waals surface area contributed by atoms with Crippen LogP contribution in [0.3, 0.4) is 0 Å². The van der Waals surface area contributed by atoms with Crippen LogP contribution in [-0.4, -0.2) is 4.57 Å². The predicted octanol–water partition coefficient (Wildman–Crippen LogP) is 16.1. The molecule has 0 aliphatic carbocycles. The van der Waals surface area contributed by atoms with Crippen LogP contribution in [0.2, 0.25) is 0 Å². The highest BCUT2D eigenvalue weighted by molar-refractivity contribution is 6.24. The Morgan fingerprint density at radius 1 is 0.267 bits per heavy atom. The van der Waals surface area contributed by atoms with E-state index in [0.717, 1.165) is 22.7 Å². The molecule has 60 heavy (non-hydrogen) atoms. The second-order valence-corrected chi connectivity index (χ2v) is 15.3. The summed E-state index contributed by atoms with van der Waals surface area (Å²) in [5.41, 5.74) is 16.5. The Morgan fingerprint density at radius 2 is 0.700 bits per heavy atom. The van der Waals surface area contributed by atoms with E-state index >= 15 is 0 Å². The van der Waals surface area contributed by atoms with Gasteiger partial charge >= 0.3 is 0 Å². The molecule has 0 aliphatic heterocycles. The second kappa shape index (κ2) is 15.1. The van der Waals surface area contributed by atoms with Crippen molar-refractivity contribution in [2.45, 2.75) is 0 Å². The van der Waals surface area contributed by atoms with Crippen molar-refractivity contribution in [2.75, 3.05) is 4.90 Å². The van der Waals surface area contributed by atoms with Crippen LogP contribution in [-0.2, 0) is 0 Å². The molecule has 0 N–H and O–H groups in total. The molecule has 282 valence electrons. The first-order valence-corrected chi connectivity index (χ1v) is 20.6. The second-order valence-electron chi connectivity index (χ2n) is 15.3. The fourth-order valence-corrected chi connectivity index (χ4v) is 8.89. The fourth-order valence-electron chi connectivity index (χ4n) is 8.89. The highest BCUT2D eigenvalue weighted by Gasteiger charge is 2.18. The first-order valence-electron chi connectivity index (χ1n) is 20.6. The first kappa shape index (κ1) is 35.2. The van der Waals surface area contributed by atoms with Crippen LogP contribution >= 0.6 is 0 Å². The van der Waals surface area contributed by atoms with Crippen molar-refractivity contribution in [2.24, 2.45) is 0 Å². The molecule has 0 saturated heterocycles. The van der Waals surface area contributed by atoms with Gasteiger partial charge in [-0.15, -0.1) is 0 Å². The molecule has 11 aromatic rings. The van der Waals surface area contributed by atoms with E-state index in [4.69, 9.17) is 0 Å². The van der Waals surface area contributed by atoms with Crippen LogP contribution in [0.4, 0.5) is 17.1 Å². The van der Waals surface area contributed by atoms with Gasteiger partial charge in [-0.3, -0.25) is 0 Å². The molecule has 1 heterocycles. The summed E-state index contributed by atoms with van der Waals surface area (Å²) in [6.45, 7) is 0. The fraction of sp³-hybridized carbons (Fsp3) is 0. The summed E-state index contributed by atoms with van der Waals surface area (Å²) in [6.07, 6.45) is 0. The minimum Gasteiger partial charge on any atom is -0.311 e. The third-order valence-electron chi connectivity index (χ3n) is 11.8. The zero-order valence-electron chi connectivity index (χ0n) is 33.0. The molecule has 0 unspecified atom stereocenters. The van der Waals surface area contributed by atoms with Crippen molar-refractivity contribution in [1.29, 1.82) is 0 Å². The van der Waals surface area contributed by atoms with E-state index in [-0.39, 0.29) is 0 Å². The molecule has 0 bridgehead atoms. The summed E-state index contributed by atoms with van der Waals surface area (Å²) >= 11 is 0. The third kappa shape index (κ3) is 6.32. The maximum atomic E-state index is 2.42. The molecule has 0 saturated carbocycles. The van der Waals surface area contributed by atoms with Crippen molar-refractivity contribution in [1.82, 2.24) is 4.57 Å². The predicted molar refractivity (Wildman–Crippen MR) is 255 cm³/mol. The smallest absolute Gasteiger partial charge is 0.0547 e. The number of hydrogen-bond donors (Lipinski definition) is 0. The van der Waals surface area contributed by atoms with Gasteiger partial charge in [0.05, 0.1) is 11.0 Å². The number of fused-ring (bicyclic) bond motifs is 5. The van der Waals surface area contributed by atoms with Crippen LogP contribution in [0.15, 0.2) is 243 Å². The highest BCUT2D eigenvalue weighted by Crippen LogP contribution is 2.42. The Morgan fingerprint density at radius 3 is 1.22 bits per heavy atom. The summed E-state index contributed by atoms with van der Waals surface area (Å²) in [5.74, 6) is 0. The van der Waals surface area contributed by atoms with Gasteiger partial charge in [0.25, 0.3) is 0 Å². The molecule has 0 aliphatic rings. The average molecular weight is 765 g/mol. The standard InChI is InChI=1S/C58H40N2/c1-4-13-41(14-5-1)43-23-32-49(33-24-43)59(50-34-25-44(26-35-50)42-15-6-2-7-16-42)51-36-27-45(28-37-51)46-29-38-52(39-30-46)60-55-22-11-10-20-54(55)58-56(60)40-31-48-19-12-21-53(57(48)58)47-17-8-3-9-18-47/h1-40H. The maximum Gasteiger partial charge on any atom is 0.0547 e. The van der Waals surface area contributed by atoms with E-state index < -0.39 is 0 Å². The summed E-state index contributed by atoms with van der Waals surface area (Å²) < 4.78 is 2.42. The van der Waals surface area contributed by atoms with Crippen molar-refractivity contribution >= 4 is 49.6 Å². The van der Waals surface area contributed by atoms with Gasteiger partial charge in [-0.2, -0.15) is 0 Å². The number of benzene rings is 10. The topological polar surface area (TPSA) is 8.17 Å². The van der Waals surface area contributed by atoms with E-state index in [0.29, 0.717) is 0 Å². The van der Waals surface area contributed by atoms with Crippen LogP contribution in [0.5, 0.6) is 0 Å². The largest absolute Gasteiger partial charge is 0.311 e. The Bertz CT molecular complexity index is 3160. The lowest BCUT2D eigenvalue weighted by molar-refractivity contribution is 1.18. The number of rotatable bonds is 8. The van der Waals surface area contributed by atoms with E-state index in [9.17, 15) is 0 Å².